The molecule has 0 aliphatic carbocycles. The number of carbonyl (C=O) groups excluding carboxylic acids is 3. The van der Waals surface area contributed by atoms with Crippen molar-refractivity contribution in [3.63, 3.8) is 0 Å². The van der Waals surface area contributed by atoms with Crippen molar-refractivity contribution < 1.29 is 57.1 Å². The molecule has 0 saturated carbocycles. The number of carbonyl (C=O) groups is 4. The van der Waals surface area contributed by atoms with E-state index < -0.39 is 81.8 Å². The van der Waals surface area contributed by atoms with Crippen molar-refractivity contribution in [1.82, 2.24) is 30.0 Å². The largest absolute Gasteiger partial charge is 0.503 e. The highest BCUT2D eigenvalue weighted by molar-refractivity contribution is 7.84. The molecule has 2 aliphatic heterocycles. The molecule has 0 aromatic carbocycles. The number of nitrogens with two attached hydrogens (primary N) is 1. The van der Waals surface area contributed by atoms with Crippen molar-refractivity contribution >= 4 is 56.3 Å². The average Bonchev–Trinajstić information content (AvgIpc) is 3.40. The molecule has 9 N–H and O–H groups in total. The van der Waals surface area contributed by atoms with Crippen LogP contribution in [-0.4, -0.2) is 109 Å². The molecule has 2 fully saturated rings. The topological polar surface area (TPSA) is 314 Å². The van der Waals surface area contributed by atoms with E-state index in [4.69, 9.17) is 15.3 Å². The summed E-state index contributed by atoms with van der Waals surface area (Å²) in [6.07, 6.45) is 0.481. The van der Waals surface area contributed by atoms with Crippen LogP contribution < -0.4 is 27.1 Å². The molecule has 4 heterocycles. The maximum absolute atomic E-state index is 13.3. The average molecular weight is 675 g/mol. The first-order valence-electron chi connectivity index (χ1n) is 12.7. The Morgan fingerprint density at radius 2 is 1.93 bits per heavy atom. The second-order valence-electron chi connectivity index (χ2n) is 9.57. The first-order chi connectivity index (χ1) is 21.1. The van der Waals surface area contributed by atoms with E-state index in [-0.39, 0.29) is 46.9 Å². The highest BCUT2D eigenvalue weighted by Gasteiger charge is 2.54. The van der Waals surface area contributed by atoms with Gasteiger partial charge < -0.3 is 46.7 Å². The number of carboxylic acid groups (broad SMARTS) is 1. The molecule has 0 spiro atoms. The Hall–Kier alpha value is -5.00. The molecular formula is C22H26N8O13S2. The monoisotopic (exact) mass is 674 g/mol. The molecule has 2 saturated heterocycles. The van der Waals surface area contributed by atoms with E-state index in [1.54, 1.807) is 0 Å². The third-order valence-electron chi connectivity index (χ3n) is 6.68. The van der Waals surface area contributed by atoms with Crippen LogP contribution in [0.2, 0.25) is 0 Å². The maximum atomic E-state index is 13.3. The van der Waals surface area contributed by atoms with Gasteiger partial charge in [-0.1, -0.05) is 5.16 Å². The summed E-state index contributed by atoms with van der Waals surface area (Å²) >= 11 is 0.902. The van der Waals surface area contributed by atoms with Gasteiger partial charge in [-0.15, -0.1) is 11.3 Å². The number of aliphatic carboxylic acids is 1. The predicted octanol–water partition coefficient (Wildman–Crippen LogP) is -2.82. The quantitative estimate of drug-likeness (QED) is 0.0392. The molecule has 0 unspecified atom stereocenters. The second kappa shape index (κ2) is 12.9. The van der Waals surface area contributed by atoms with Crippen LogP contribution in [0.15, 0.2) is 27.6 Å². The number of β-lactam (4-membered cyclic amide) rings is 1. The van der Waals surface area contributed by atoms with Gasteiger partial charge in [-0.05, 0) is 0 Å². The Kier molecular flexibility index (Phi) is 9.45. The third-order valence-corrected chi connectivity index (χ3v) is 8.30. The van der Waals surface area contributed by atoms with Gasteiger partial charge in [-0.3, -0.25) is 18.9 Å². The SMILES string of the molecule is Nc1nc(C(=NOC2(C(=O)O)CCOCC2)C(=O)N[C@@H]2C(=O)N(S(=O)(=O)O)[C@@H]2CNC(=O)NCc2cc(=O)c(O)cn2O)cs1. The number of hydrogen-bond donors (Lipinski definition) is 8. The number of nitrogen functional groups attached to an aromatic ring is 1. The molecule has 0 bridgehead atoms. The van der Waals surface area contributed by atoms with Crippen LogP contribution in [0.25, 0.3) is 0 Å². The molecule has 23 heteroatoms. The van der Waals surface area contributed by atoms with E-state index in [1.165, 1.54) is 5.38 Å². The number of pyridine rings is 1. The fourth-order valence-electron chi connectivity index (χ4n) is 4.27. The minimum Gasteiger partial charge on any atom is -0.503 e. The zero-order valence-corrected chi connectivity index (χ0v) is 24.4. The van der Waals surface area contributed by atoms with Crippen LogP contribution >= 0.6 is 11.3 Å². The van der Waals surface area contributed by atoms with Crippen LogP contribution in [0, 0.1) is 0 Å². The van der Waals surface area contributed by atoms with Crippen molar-refractivity contribution in [2.24, 2.45) is 5.16 Å². The molecule has 21 nitrogen and oxygen atoms in total. The third kappa shape index (κ3) is 7.22. The van der Waals surface area contributed by atoms with Gasteiger partial charge in [-0.2, -0.15) is 13.1 Å². The Labute approximate surface area is 256 Å². The van der Waals surface area contributed by atoms with Gasteiger partial charge in [0.15, 0.2) is 16.6 Å². The number of nitrogens with zero attached hydrogens (tertiary/aromatic N) is 4. The zero-order valence-electron chi connectivity index (χ0n) is 22.8. The fraction of sp³-hybridized carbons (Fsp3) is 0.409. The molecule has 2 aromatic heterocycles. The standard InChI is InChI=1S/C22H26N8O13S2/c23-20-26-11(9-44-20)15(28-43-22(19(35)36)1-3-42-4-2-22)17(33)27-16-12(30(18(16)34)45(39,40)41)7-25-21(37)24-6-10-5-13(31)14(32)8-29(10)38/h5,8-9,12,16,32,38H,1-4,6-7H2,(H2,23,26)(H,27,33)(H,35,36)(H2,24,25,37)(H,39,40,41)/t12-,16+/m1/s1. The van der Waals surface area contributed by atoms with Crippen LogP contribution in [0.3, 0.4) is 0 Å². The van der Waals surface area contributed by atoms with Crippen molar-refractivity contribution in [3.8, 4) is 5.75 Å². The maximum Gasteiger partial charge on any atom is 0.362 e. The van der Waals surface area contributed by atoms with E-state index in [9.17, 15) is 52.4 Å². The summed E-state index contributed by atoms with van der Waals surface area (Å²) in [5.74, 6) is -4.57. The number of nitrogens with one attached hydrogen (secondary N) is 3. The number of oxime groups is 1. The van der Waals surface area contributed by atoms with Crippen molar-refractivity contribution in [2.45, 2.75) is 37.1 Å². The van der Waals surface area contributed by atoms with Crippen molar-refractivity contribution in [2.75, 3.05) is 25.5 Å². The lowest BCUT2D eigenvalue weighted by molar-refractivity contribution is -0.178. The Bertz CT molecular complexity index is 1700. The van der Waals surface area contributed by atoms with Crippen LogP contribution in [0.1, 0.15) is 24.2 Å². The van der Waals surface area contributed by atoms with Crippen LogP contribution in [0.4, 0.5) is 9.93 Å². The fourth-order valence-corrected chi connectivity index (χ4v) is 5.69. The van der Waals surface area contributed by atoms with Gasteiger partial charge in [-0.25, -0.2) is 18.9 Å². The molecule has 2 aromatic rings. The number of thiazole rings is 1. The summed E-state index contributed by atoms with van der Waals surface area (Å²) in [5.41, 5.74) is 2.06. The summed E-state index contributed by atoms with van der Waals surface area (Å²) in [7, 11) is -5.16. The van der Waals surface area contributed by atoms with Gasteiger partial charge in [0.25, 0.3) is 11.8 Å². The van der Waals surface area contributed by atoms with Crippen molar-refractivity contribution in [1.29, 1.82) is 0 Å². The minimum absolute atomic E-state index is 0.000343. The molecule has 4 rings (SSSR count). The Morgan fingerprint density at radius 1 is 1.24 bits per heavy atom. The first-order valence-corrected chi connectivity index (χ1v) is 15.0. The van der Waals surface area contributed by atoms with E-state index in [0.29, 0.717) is 10.9 Å². The Balaban J connectivity index is 1.49. The van der Waals surface area contributed by atoms with E-state index >= 15 is 0 Å². The lowest BCUT2D eigenvalue weighted by atomic mass is 9.95. The number of anilines is 1. The predicted molar refractivity (Wildman–Crippen MR) is 148 cm³/mol. The van der Waals surface area contributed by atoms with Gasteiger partial charge >= 0.3 is 22.3 Å². The van der Waals surface area contributed by atoms with Gasteiger partial charge in [0.2, 0.25) is 11.0 Å². The summed E-state index contributed by atoms with van der Waals surface area (Å²) in [6, 6.07) is -3.36. The highest BCUT2D eigenvalue weighted by atomic mass is 32.2. The molecule has 2 aliphatic rings. The lowest BCUT2D eigenvalue weighted by Crippen LogP contribution is -2.74. The summed E-state index contributed by atoms with van der Waals surface area (Å²) in [6.45, 7) is -1.03. The number of urea groups is 1. The number of ether oxygens (including phenoxy) is 1. The van der Waals surface area contributed by atoms with E-state index in [0.717, 1.165) is 17.4 Å². The second-order valence-corrected chi connectivity index (χ2v) is 11.7. The van der Waals surface area contributed by atoms with Gasteiger partial charge in [0.1, 0.15) is 11.7 Å². The van der Waals surface area contributed by atoms with E-state index in [2.05, 4.69) is 26.1 Å². The number of amides is 4. The molecule has 0 radical (unpaired) electrons. The molecule has 4 amide bonds. The number of hydrogen-bond acceptors (Lipinski definition) is 15. The van der Waals surface area contributed by atoms with Crippen LogP contribution in [0.5, 0.6) is 5.75 Å². The molecule has 2 atom stereocenters. The minimum atomic E-state index is -5.16. The number of carboxylic acids is 1. The normalized spacial score (nSPS) is 19.7. The summed E-state index contributed by atoms with van der Waals surface area (Å²) < 4.78 is 38.8. The van der Waals surface area contributed by atoms with E-state index in [1.807, 2.05) is 0 Å². The van der Waals surface area contributed by atoms with Gasteiger partial charge in [0.05, 0.1) is 37.7 Å². The van der Waals surface area contributed by atoms with Crippen molar-refractivity contribution in [3.05, 3.63) is 39.3 Å². The Morgan fingerprint density at radius 3 is 2.53 bits per heavy atom. The molecular weight excluding hydrogens is 648 g/mol. The highest BCUT2D eigenvalue weighted by Crippen LogP contribution is 2.27. The number of aromatic nitrogens is 2. The number of rotatable bonds is 11. The number of aromatic hydroxyl groups is 1. The van der Waals surface area contributed by atoms with Crippen LogP contribution in [-0.2, 0) is 40.8 Å². The summed E-state index contributed by atoms with van der Waals surface area (Å²) in [4.78, 5) is 71.1. The first kappa shape index (κ1) is 32.9. The summed E-state index contributed by atoms with van der Waals surface area (Å²) in [5, 5.41) is 40.5. The lowest BCUT2D eigenvalue weighted by Gasteiger charge is -2.44. The van der Waals surface area contributed by atoms with Gasteiger partial charge in [0, 0.05) is 30.8 Å². The molecule has 244 valence electrons. The molecule has 45 heavy (non-hydrogen) atoms. The zero-order chi connectivity index (χ0) is 33.1. The smallest absolute Gasteiger partial charge is 0.362 e.